The maximum absolute atomic E-state index is 12.3. The highest BCUT2D eigenvalue weighted by Gasteiger charge is 2.40. The van der Waals surface area contributed by atoms with E-state index in [0.29, 0.717) is 5.75 Å². The van der Waals surface area contributed by atoms with Gasteiger partial charge < -0.3 is 4.74 Å². The van der Waals surface area contributed by atoms with Crippen molar-refractivity contribution in [3.8, 4) is 11.8 Å². The van der Waals surface area contributed by atoms with E-state index < -0.39 is 18.7 Å². The molecule has 1 aromatic carbocycles. The van der Waals surface area contributed by atoms with Gasteiger partial charge in [0.25, 0.3) is 0 Å². The lowest BCUT2D eigenvalue weighted by Gasteiger charge is -2.15. The Balaban J connectivity index is 2.79. The van der Waals surface area contributed by atoms with Gasteiger partial charge in [-0.15, -0.1) is 0 Å². The number of hydrogen-bond acceptors (Lipinski definition) is 2. The molecule has 0 N–H and O–H groups in total. The molecule has 0 amide bonds. The van der Waals surface area contributed by atoms with Crippen molar-refractivity contribution in [2.45, 2.75) is 20.0 Å². The summed E-state index contributed by atoms with van der Waals surface area (Å²) in [4.78, 5) is 0. The molecule has 0 saturated heterocycles. The summed E-state index contributed by atoms with van der Waals surface area (Å²) in [6, 6.07) is 4.45. The molecule has 2 nitrogen and oxygen atoms in total. The van der Waals surface area contributed by atoms with Gasteiger partial charge in [0.15, 0.2) is 5.92 Å². The summed E-state index contributed by atoms with van der Waals surface area (Å²) in [5.41, 5.74) is 1.73. The van der Waals surface area contributed by atoms with Crippen molar-refractivity contribution in [3.05, 3.63) is 27.7 Å². The molecule has 0 saturated carbocycles. The number of hydrogen-bond donors (Lipinski definition) is 0. The van der Waals surface area contributed by atoms with E-state index in [4.69, 9.17) is 10.00 Å². The van der Waals surface area contributed by atoms with Crippen LogP contribution in [0.1, 0.15) is 11.1 Å². The summed E-state index contributed by atoms with van der Waals surface area (Å²) in [6.45, 7) is 2.94. The second-order valence-electron chi connectivity index (χ2n) is 3.91. The molecule has 1 unspecified atom stereocenters. The maximum Gasteiger partial charge on any atom is 0.407 e. The van der Waals surface area contributed by atoms with E-state index in [-0.39, 0.29) is 0 Å². The molecule has 0 heterocycles. The fourth-order valence-electron chi connectivity index (χ4n) is 1.37. The minimum Gasteiger partial charge on any atom is -0.492 e. The number of rotatable bonds is 3. The van der Waals surface area contributed by atoms with E-state index in [1.165, 1.54) is 6.07 Å². The smallest absolute Gasteiger partial charge is 0.407 e. The molecule has 0 bridgehead atoms. The van der Waals surface area contributed by atoms with Crippen LogP contribution in [0, 0.1) is 31.1 Å². The summed E-state index contributed by atoms with van der Waals surface area (Å²) in [7, 11) is 0. The maximum atomic E-state index is 12.3. The zero-order valence-electron chi connectivity index (χ0n) is 9.81. The monoisotopic (exact) mass is 321 g/mol. The first-order valence-electron chi connectivity index (χ1n) is 5.11. The molecule has 0 fully saturated rings. The average molecular weight is 322 g/mol. The van der Waals surface area contributed by atoms with Crippen molar-refractivity contribution in [2.75, 3.05) is 6.61 Å². The van der Waals surface area contributed by atoms with Crippen LogP contribution < -0.4 is 4.74 Å². The van der Waals surface area contributed by atoms with E-state index in [1.807, 2.05) is 13.8 Å². The standard InChI is InChI=1S/C12H11BrF3NO/c1-7-3-10(4-8(2)11(7)13)18-6-9(5-17)12(14,15)16/h3-4,9H,6H2,1-2H3. The van der Waals surface area contributed by atoms with Crippen molar-refractivity contribution in [2.24, 2.45) is 5.92 Å². The Morgan fingerprint density at radius 2 is 1.83 bits per heavy atom. The molecule has 1 rings (SSSR count). The van der Waals surface area contributed by atoms with Crippen molar-refractivity contribution in [1.82, 2.24) is 0 Å². The van der Waals surface area contributed by atoms with E-state index >= 15 is 0 Å². The third-order valence-corrected chi connectivity index (χ3v) is 3.63. The molecular weight excluding hydrogens is 311 g/mol. The summed E-state index contributed by atoms with van der Waals surface area (Å²) < 4.78 is 42.9. The Bertz CT molecular complexity index is 456. The predicted octanol–water partition coefficient (Wildman–Crippen LogP) is 4.15. The molecular formula is C12H11BrF3NO. The van der Waals surface area contributed by atoms with Crippen LogP contribution in [0.25, 0.3) is 0 Å². The number of alkyl halides is 3. The third kappa shape index (κ3) is 3.64. The number of benzene rings is 1. The molecule has 1 aromatic rings. The highest BCUT2D eigenvalue weighted by Crippen LogP contribution is 2.29. The van der Waals surface area contributed by atoms with Crippen LogP contribution in [0.4, 0.5) is 13.2 Å². The topological polar surface area (TPSA) is 33.0 Å². The normalized spacial score (nSPS) is 12.9. The molecule has 18 heavy (non-hydrogen) atoms. The van der Waals surface area contributed by atoms with E-state index in [0.717, 1.165) is 15.6 Å². The lowest BCUT2D eigenvalue weighted by molar-refractivity contribution is -0.165. The van der Waals surface area contributed by atoms with Crippen molar-refractivity contribution < 1.29 is 17.9 Å². The molecule has 0 radical (unpaired) electrons. The average Bonchev–Trinajstić information content (AvgIpc) is 2.24. The van der Waals surface area contributed by atoms with Crippen molar-refractivity contribution in [3.63, 3.8) is 0 Å². The first-order chi connectivity index (χ1) is 8.25. The van der Waals surface area contributed by atoms with Crippen LogP contribution in [-0.4, -0.2) is 12.8 Å². The van der Waals surface area contributed by atoms with Crippen molar-refractivity contribution >= 4 is 15.9 Å². The number of nitrogens with zero attached hydrogens (tertiary/aromatic N) is 1. The summed E-state index contributed by atoms with van der Waals surface area (Å²) in [5, 5.41) is 8.44. The van der Waals surface area contributed by atoms with Gasteiger partial charge in [-0.1, -0.05) is 15.9 Å². The van der Waals surface area contributed by atoms with Gasteiger partial charge in [-0.3, -0.25) is 0 Å². The number of ether oxygens (including phenoxy) is 1. The molecule has 1 atom stereocenters. The van der Waals surface area contributed by atoms with Gasteiger partial charge in [0, 0.05) is 4.47 Å². The Morgan fingerprint density at radius 3 is 2.22 bits per heavy atom. The molecule has 0 aliphatic heterocycles. The Morgan fingerprint density at radius 1 is 1.33 bits per heavy atom. The van der Waals surface area contributed by atoms with Crippen LogP contribution >= 0.6 is 15.9 Å². The fraction of sp³-hybridized carbons (Fsp3) is 0.417. The lowest BCUT2D eigenvalue weighted by Crippen LogP contribution is -2.27. The first kappa shape index (κ1) is 14.8. The second-order valence-corrected chi connectivity index (χ2v) is 4.70. The lowest BCUT2D eigenvalue weighted by atomic mass is 10.1. The first-order valence-corrected chi connectivity index (χ1v) is 5.91. The fourth-order valence-corrected chi connectivity index (χ4v) is 1.60. The Hall–Kier alpha value is -1.22. The highest BCUT2D eigenvalue weighted by atomic mass is 79.9. The minimum atomic E-state index is -4.56. The van der Waals surface area contributed by atoms with E-state index in [9.17, 15) is 13.2 Å². The predicted molar refractivity (Wildman–Crippen MR) is 64.3 cm³/mol. The highest BCUT2D eigenvalue weighted by molar-refractivity contribution is 9.10. The Kier molecular flexibility index (Phi) is 4.63. The molecule has 0 spiro atoms. The number of nitriles is 1. The summed E-state index contributed by atoms with van der Waals surface area (Å²) in [5.74, 6) is -1.78. The van der Waals surface area contributed by atoms with Gasteiger partial charge in [-0.25, -0.2) is 0 Å². The SMILES string of the molecule is Cc1cc(OCC(C#N)C(F)(F)F)cc(C)c1Br. The van der Waals surface area contributed by atoms with Gasteiger partial charge >= 0.3 is 6.18 Å². The van der Waals surface area contributed by atoms with E-state index in [1.54, 1.807) is 12.1 Å². The van der Waals surface area contributed by atoms with Gasteiger partial charge in [-0.2, -0.15) is 18.4 Å². The summed E-state index contributed by atoms with van der Waals surface area (Å²) in [6.07, 6.45) is -4.56. The van der Waals surface area contributed by atoms with Gasteiger partial charge in [0.2, 0.25) is 0 Å². The second kappa shape index (κ2) is 5.61. The molecule has 0 aliphatic rings. The zero-order valence-corrected chi connectivity index (χ0v) is 11.4. The van der Waals surface area contributed by atoms with Crippen molar-refractivity contribution in [1.29, 1.82) is 5.26 Å². The zero-order chi connectivity index (χ0) is 13.9. The van der Waals surface area contributed by atoms with Gasteiger partial charge in [0.05, 0.1) is 6.07 Å². The number of aryl methyl sites for hydroxylation is 2. The largest absolute Gasteiger partial charge is 0.492 e. The number of halogens is 4. The molecule has 6 heteroatoms. The van der Waals surface area contributed by atoms with Gasteiger partial charge in [0.1, 0.15) is 12.4 Å². The minimum absolute atomic E-state index is 0.331. The van der Waals surface area contributed by atoms with E-state index in [2.05, 4.69) is 15.9 Å². The van der Waals surface area contributed by atoms with Crippen LogP contribution in [-0.2, 0) is 0 Å². The van der Waals surface area contributed by atoms with Crippen LogP contribution in [0.3, 0.4) is 0 Å². The Labute approximate surface area is 111 Å². The molecule has 0 aliphatic carbocycles. The third-order valence-electron chi connectivity index (χ3n) is 2.38. The van der Waals surface area contributed by atoms with Gasteiger partial charge in [-0.05, 0) is 37.1 Å². The quantitative estimate of drug-likeness (QED) is 0.838. The molecule has 0 aromatic heterocycles. The molecule has 98 valence electrons. The van der Waals surface area contributed by atoms with Crippen LogP contribution in [0.5, 0.6) is 5.75 Å². The van der Waals surface area contributed by atoms with Crippen LogP contribution in [0.2, 0.25) is 0 Å². The summed E-state index contributed by atoms with van der Waals surface area (Å²) >= 11 is 3.35. The van der Waals surface area contributed by atoms with Crippen LogP contribution in [0.15, 0.2) is 16.6 Å².